The van der Waals surface area contributed by atoms with Gasteiger partial charge in [-0.2, -0.15) is 0 Å². The van der Waals surface area contributed by atoms with Gasteiger partial charge in [-0.15, -0.1) is 0 Å². The third-order valence-corrected chi connectivity index (χ3v) is 10.4. The highest BCUT2D eigenvalue weighted by molar-refractivity contribution is 5.71. The van der Waals surface area contributed by atoms with E-state index in [1.807, 2.05) is 0 Å². The zero-order valence-corrected chi connectivity index (χ0v) is 41.7. The van der Waals surface area contributed by atoms with Crippen molar-refractivity contribution < 1.29 is 28.6 Å². The van der Waals surface area contributed by atoms with Gasteiger partial charge in [0.2, 0.25) is 0 Å². The molecule has 0 unspecified atom stereocenters. The van der Waals surface area contributed by atoms with Gasteiger partial charge in [-0.05, 0) is 128 Å². The first-order valence-electron chi connectivity index (χ1n) is 26.0. The first kappa shape index (κ1) is 60.8. The summed E-state index contributed by atoms with van der Waals surface area (Å²) in [5, 5.41) is 0. The SMILES string of the molecule is CC/C=C\C/C=C\C/C=C\C/C=C\CCCCC(=O)OC[C@H](COC(=O)CCCCCCC/C=C\C/C=C\C/C=C\CC)OC(=O)CCCCCC/C=C\C/C=C\C/C=C\CCCCC. The Balaban J connectivity index is 4.55. The van der Waals surface area contributed by atoms with Crippen molar-refractivity contribution in [3.05, 3.63) is 122 Å². The van der Waals surface area contributed by atoms with Crippen LogP contribution in [-0.2, 0) is 28.6 Å². The van der Waals surface area contributed by atoms with Crippen LogP contribution in [0, 0.1) is 0 Å². The summed E-state index contributed by atoms with van der Waals surface area (Å²) in [5.74, 6) is -1.00. The van der Waals surface area contributed by atoms with E-state index < -0.39 is 6.10 Å². The van der Waals surface area contributed by atoms with E-state index in [2.05, 4.69) is 142 Å². The summed E-state index contributed by atoms with van der Waals surface area (Å²) < 4.78 is 16.7. The summed E-state index contributed by atoms with van der Waals surface area (Å²) in [6.07, 6.45) is 71.8. The number of hydrogen-bond acceptors (Lipinski definition) is 6. The number of hydrogen-bond donors (Lipinski definition) is 0. The monoisotopic (exact) mass is 899 g/mol. The number of carbonyl (C=O) groups excluding carboxylic acids is 3. The lowest BCUT2D eigenvalue weighted by molar-refractivity contribution is -0.167. The minimum atomic E-state index is -0.817. The molecule has 6 nitrogen and oxygen atoms in total. The van der Waals surface area contributed by atoms with Crippen LogP contribution in [0.5, 0.6) is 0 Å². The van der Waals surface area contributed by atoms with Crippen LogP contribution >= 0.6 is 0 Å². The molecular formula is C59H94O6. The van der Waals surface area contributed by atoms with Crippen molar-refractivity contribution in [1.82, 2.24) is 0 Å². The van der Waals surface area contributed by atoms with Crippen LogP contribution in [0.25, 0.3) is 0 Å². The molecule has 366 valence electrons. The molecule has 6 heteroatoms. The molecule has 0 aliphatic rings. The number of rotatable bonds is 45. The van der Waals surface area contributed by atoms with Gasteiger partial charge in [0.25, 0.3) is 0 Å². The lowest BCUT2D eigenvalue weighted by Crippen LogP contribution is -2.30. The van der Waals surface area contributed by atoms with Crippen LogP contribution in [0.15, 0.2) is 122 Å². The molecule has 0 aromatic rings. The van der Waals surface area contributed by atoms with Crippen LogP contribution in [0.1, 0.15) is 213 Å². The molecule has 0 aliphatic carbocycles. The summed E-state index contributed by atoms with van der Waals surface area (Å²) in [7, 11) is 0. The summed E-state index contributed by atoms with van der Waals surface area (Å²) in [6, 6.07) is 0. The maximum atomic E-state index is 12.8. The number of unbranched alkanes of at least 4 members (excludes halogenated alkanes) is 14. The first-order chi connectivity index (χ1) is 32.0. The molecule has 0 spiro atoms. The highest BCUT2D eigenvalue weighted by Gasteiger charge is 2.19. The molecule has 0 rings (SSSR count). The van der Waals surface area contributed by atoms with Crippen LogP contribution in [0.2, 0.25) is 0 Å². The largest absolute Gasteiger partial charge is 0.462 e. The van der Waals surface area contributed by atoms with Crippen molar-refractivity contribution >= 4 is 17.9 Å². The van der Waals surface area contributed by atoms with Gasteiger partial charge in [-0.3, -0.25) is 14.4 Å². The van der Waals surface area contributed by atoms with Crippen LogP contribution in [0.3, 0.4) is 0 Å². The quantitative estimate of drug-likeness (QED) is 0.0262. The average Bonchev–Trinajstić information content (AvgIpc) is 3.30. The van der Waals surface area contributed by atoms with Crippen molar-refractivity contribution in [1.29, 1.82) is 0 Å². The molecule has 0 saturated heterocycles. The minimum absolute atomic E-state index is 0.113. The van der Waals surface area contributed by atoms with Gasteiger partial charge in [0.15, 0.2) is 6.10 Å². The molecule has 0 radical (unpaired) electrons. The smallest absolute Gasteiger partial charge is 0.306 e. The maximum Gasteiger partial charge on any atom is 0.306 e. The zero-order valence-electron chi connectivity index (χ0n) is 41.7. The van der Waals surface area contributed by atoms with Crippen LogP contribution < -0.4 is 0 Å². The maximum absolute atomic E-state index is 12.8. The molecule has 1 atom stereocenters. The van der Waals surface area contributed by atoms with Crippen molar-refractivity contribution in [2.24, 2.45) is 0 Å². The van der Waals surface area contributed by atoms with Crippen LogP contribution in [0.4, 0.5) is 0 Å². The molecular weight excluding hydrogens is 805 g/mol. The Kier molecular flexibility index (Phi) is 49.1. The lowest BCUT2D eigenvalue weighted by atomic mass is 10.1. The molecule has 0 aromatic heterocycles. The van der Waals surface area contributed by atoms with Gasteiger partial charge >= 0.3 is 17.9 Å². The predicted octanol–water partition coefficient (Wildman–Crippen LogP) is 17.3. The number of ether oxygens (including phenoxy) is 3. The van der Waals surface area contributed by atoms with Crippen molar-refractivity contribution in [3.63, 3.8) is 0 Å². The topological polar surface area (TPSA) is 78.9 Å². The number of carbonyl (C=O) groups is 3. The second-order valence-electron chi connectivity index (χ2n) is 16.7. The highest BCUT2D eigenvalue weighted by atomic mass is 16.6. The van der Waals surface area contributed by atoms with Crippen molar-refractivity contribution in [3.8, 4) is 0 Å². The second-order valence-corrected chi connectivity index (χ2v) is 16.7. The Morgan fingerprint density at radius 2 is 0.600 bits per heavy atom. The summed E-state index contributed by atoms with van der Waals surface area (Å²) >= 11 is 0. The highest BCUT2D eigenvalue weighted by Crippen LogP contribution is 2.12. The Hall–Kier alpha value is -4.19. The van der Waals surface area contributed by atoms with E-state index >= 15 is 0 Å². The van der Waals surface area contributed by atoms with Gasteiger partial charge in [0.1, 0.15) is 13.2 Å². The zero-order chi connectivity index (χ0) is 47.2. The predicted molar refractivity (Wildman–Crippen MR) is 279 cm³/mol. The Labute approximate surface area is 399 Å². The fourth-order valence-corrected chi connectivity index (χ4v) is 6.57. The van der Waals surface area contributed by atoms with Gasteiger partial charge in [-0.25, -0.2) is 0 Å². The van der Waals surface area contributed by atoms with E-state index in [1.165, 1.54) is 25.7 Å². The lowest BCUT2D eigenvalue weighted by Gasteiger charge is -2.18. The van der Waals surface area contributed by atoms with E-state index in [4.69, 9.17) is 14.2 Å². The molecule has 0 aliphatic heterocycles. The fraction of sp³-hybridized carbons (Fsp3) is 0.610. The minimum Gasteiger partial charge on any atom is -0.462 e. The van der Waals surface area contributed by atoms with Crippen LogP contribution in [-0.4, -0.2) is 37.2 Å². The van der Waals surface area contributed by atoms with Gasteiger partial charge in [0.05, 0.1) is 0 Å². The molecule has 0 heterocycles. The normalized spacial score (nSPS) is 13.1. The van der Waals surface area contributed by atoms with E-state index in [-0.39, 0.29) is 37.5 Å². The third-order valence-electron chi connectivity index (χ3n) is 10.4. The number of esters is 3. The van der Waals surface area contributed by atoms with E-state index in [0.717, 1.165) is 141 Å². The summed E-state index contributed by atoms with van der Waals surface area (Å²) in [4.78, 5) is 38.0. The molecule has 0 fully saturated rings. The molecule has 0 bridgehead atoms. The standard InChI is InChI=1S/C59H94O6/c1-4-7-10-13-16-19-22-25-28-29-32-35-38-41-44-47-50-53-59(62)65-56(54-63-57(60)51-48-45-42-39-36-33-30-26-23-20-17-14-11-8-5-2)55-64-58(61)52-49-46-43-40-37-34-31-27-24-21-18-15-12-9-6-3/h8-9,11-12,16-21,25-28,30-32,35-36,39,56H,4-7,10,13-15,22-24,29,33-34,37-38,40-55H2,1-3H3/b11-8-,12-9-,19-16-,20-17-,21-18-,28-25-,30-26-,31-27-,35-32-,39-36-/t56-/m1/s1. The average molecular weight is 899 g/mol. The molecule has 0 N–H and O–H groups in total. The third kappa shape index (κ3) is 50.7. The second kappa shape index (κ2) is 52.4. The molecule has 65 heavy (non-hydrogen) atoms. The van der Waals surface area contributed by atoms with Gasteiger partial charge in [-0.1, -0.05) is 187 Å². The van der Waals surface area contributed by atoms with Crippen molar-refractivity contribution in [2.45, 2.75) is 219 Å². The van der Waals surface area contributed by atoms with E-state index in [0.29, 0.717) is 19.3 Å². The Morgan fingerprint density at radius 1 is 0.323 bits per heavy atom. The van der Waals surface area contributed by atoms with E-state index in [9.17, 15) is 14.4 Å². The van der Waals surface area contributed by atoms with Crippen molar-refractivity contribution in [2.75, 3.05) is 13.2 Å². The molecule has 0 amide bonds. The summed E-state index contributed by atoms with van der Waals surface area (Å²) in [5.41, 5.74) is 0. The molecule has 0 aromatic carbocycles. The Bertz CT molecular complexity index is 1400. The fourth-order valence-electron chi connectivity index (χ4n) is 6.57. The number of allylic oxidation sites excluding steroid dienone is 20. The summed E-state index contributed by atoms with van der Waals surface area (Å²) in [6.45, 7) is 6.30. The first-order valence-corrected chi connectivity index (χ1v) is 26.0. The molecule has 0 saturated carbocycles. The van der Waals surface area contributed by atoms with Gasteiger partial charge in [0, 0.05) is 19.3 Å². The Morgan fingerprint density at radius 3 is 0.969 bits per heavy atom. The van der Waals surface area contributed by atoms with Gasteiger partial charge < -0.3 is 14.2 Å². The van der Waals surface area contributed by atoms with E-state index in [1.54, 1.807) is 0 Å².